The molecule has 1 fully saturated rings. The lowest BCUT2D eigenvalue weighted by Crippen LogP contribution is -2.53. The number of carbonyl (C=O) groups excluding carboxylic acids is 1. The van der Waals surface area contributed by atoms with Crippen molar-refractivity contribution in [2.24, 2.45) is 0 Å². The first-order valence-electron chi connectivity index (χ1n) is 7.03. The summed E-state index contributed by atoms with van der Waals surface area (Å²) in [6.07, 6.45) is 1.19. The zero-order valence-corrected chi connectivity index (χ0v) is 14.2. The van der Waals surface area contributed by atoms with Gasteiger partial charge in [0.05, 0.1) is 12.3 Å². The summed E-state index contributed by atoms with van der Waals surface area (Å²) in [5.41, 5.74) is 0.965. The highest BCUT2D eigenvalue weighted by atomic mass is 35.5. The van der Waals surface area contributed by atoms with E-state index in [-0.39, 0.29) is 12.1 Å². The second-order valence-electron chi connectivity index (χ2n) is 5.37. The maximum absolute atomic E-state index is 12.2. The second-order valence-corrected chi connectivity index (χ2v) is 7.79. The number of carbonyl (C=O) groups is 1. The Hall–Kier alpha value is -1.31. The SMILES string of the molecule is C[C@H](NC(=O)N1CCN(S(C)(=O)=O)CC1)c1ccc(Cl)cc1. The molecular formula is C14H20ClN3O3S. The minimum atomic E-state index is -3.18. The van der Waals surface area contributed by atoms with Gasteiger partial charge in [-0.1, -0.05) is 23.7 Å². The molecule has 122 valence electrons. The maximum Gasteiger partial charge on any atom is 0.317 e. The molecule has 1 aromatic rings. The van der Waals surface area contributed by atoms with Gasteiger partial charge in [0.1, 0.15) is 0 Å². The summed E-state index contributed by atoms with van der Waals surface area (Å²) in [5, 5.41) is 3.57. The Kier molecular flexibility index (Phi) is 5.31. The van der Waals surface area contributed by atoms with Crippen molar-refractivity contribution in [3.8, 4) is 0 Å². The molecule has 0 saturated carbocycles. The van der Waals surface area contributed by atoms with Crippen molar-refractivity contribution in [3.63, 3.8) is 0 Å². The number of amides is 2. The van der Waals surface area contributed by atoms with Crippen LogP contribution in [0.25, 0.3) is 0 Å². The van der Waals surface area contributed by atoms with Gasteiger partial charge >= 0.3 is 6.03 Å². The largest absolute Gasteiger partial charge is 0.331 e. The van der Waals surface area contributed by atoms with Gasteiger partial charge in [0.2, 0.25) is 10.0 Å². The van der Waals surface area contributed by atoms with E-state index in [1.54, 1.807) is 17.0 Å². The molecule has 1 aliphatic heterocycles. The topological polar surface area (TPSA) is 69.7 Å². The predicted octanol–water partition coefficient (Wildman–Crippen LogP) is 1.69. The van der Waals surface area contributed by atoms with E-state index in [1.165, 1.54) is 10.6 Å². The van der Waals surface area contributed by atoms with Crippen LogP contribution in [0.1, 0.15) is 18.5 Å². The Morgan fingerprint density at radius 2 is 1.73 bits per heavy atom. The van der Waals surface area contributed by atoms with Crippen molar-refractivity contribution in [1.29, 1.82) is 0 Å². The summed E-state index contributed by atoms with van der Waals surface area (Å²) < 4.78 is 24.3. The van der Waals surface area contributed by atoms with Crippen molar-refractivity contribution < 1.29 is 13.2 Å². The van der Waals surface area contributed by atoms with E-state index in [4.69, 9.17) is 11.6 Å². The summed E-state index contributed by atoms with van der Waals surface area (Å²) in [5.74, 6) is 0. The second kappa shape index (κ2) is 6.85. The molecule has 6 nitrogen and oxygen atoms in total. The molecular weight excluding hydrogens is 326 g/mol. The van der Waals surface area contributed by atoms with Crippen LogP contribution in [0.5, 0.6) is 0 Å². The fourth-order valence-electron chi connectivity index (χ4n) is 2.33. The monoisotopic (exact) mass is 345 g/mol. The molecule has 1 atom stereocenters. The third kappa shape index (κ3) is 4.34. The molecule has 1 aliphatic rings. The standard InChI is InChI=1S/C14H20ClN3O3S/c1-11(12-3-5-13(15)6-4-12)16-14(19)17-7-9-18(10-8-17)22(2,20)21/h3-6,11H,7-10H2,1-2H3,(H,16,19)/t11-/m0/s1. The number of piperazine rings is 1. The third-order valence-corrected chi connectivity index (χ3v) is 5.26. The number of halogens is 1. The fourth-order valence-corrected chi connectivity index (χ4v) is 3.29. The summed E-state index contributed by atoms with van der Waals surface area (Å²) in [7, 11) is -3.18. The molecule has 1 heterocycles. The summed E-state index contributed by atoms with van der Waals surface area (Å²) in [4.78, 5) is 13.9. The van der Waals surface area contributed by atoms with Gasteiger partial charge in [-0.15, -0.1) is 0 Å². The van der Waals surface area contributed by atoms with Crippen molar-refractivity contribution in [2.45, 2.75) is 13.0 Å². The van der Waals surface area contributed by atoms with Crippen molar-refractivity contribution in [3.05, 3.63) is 34.9 Å². The van der Waals surface area contributed by atoms with Crippen LogP contribution in [0.15, 0.2) is 24.3 Å². The highest BCUT2D eigenvalue weighted by Crippen LogP contribution is 2.16. The number of rotatable bonds is 3. The zero-order valence-electron chi connectivity index (χ0n) is 12.6. The van der Waals surface area contributed by atoms with Gasteiger partial charge < -0.3 is 10.2 Å². The van der Waals surface area contributed by atoms with Gasteiger partial charge in [0.15, 0.2) is 0 Å². The molecule has 8 heteroatoms. The Bertz CT molecular complexity index is 625. The lowest BCUT2D eigenvalue weighted by Gasteiger charge is -2.34. The van der Waals surface area contributed by atoms with E-state index in [1.807, 2.05) is 19.1 Å². The van der Waals surface area contributed by atoms with Gasteiger partial charge in [-0.05, 0) is 24.6 Å². The fraction of sp³-hybridized carbons (Fsp3) is 0.500. The van der Waals surface area contributed by atoms with E-state index in [2.05, 4.69) is 5.32 Å². The molecule has 1 aromatic carbocycles. The normalized spacial score (nSPS) is 18.0. The first kappa shape index (κ1) is 17.1. The minimum Gasteiger partial charge on any atom is -0.331 e. The molecule has 0 unspecified atom stereocenters. The third-order valence-electron chi connectivity index (χ3n) is 3.70. The van der Waals surface area contributed by atoms with Crippen LogP contribution in [0.2, 0.25) is 5.02 Å². The minimum absolute atomic E-state index is 0.141. The van der Waals surface area contributed by atoms with E-state index in [0.717, 1.165) is 5.56 Å². The van der Waals surface area contributed by atoms with Crippen LogP contribution < -0.4 is 5.32 Å². The number of benzene rings is 1. The summed E-state index contributed by atoms with van der Waals surface area (Å²) >= 11 is 5.84. The van der Waals surface area contributed by atoms with E-state index in [9.17, 15) is 13.2 Å². The highest BCUT2D eigenvalue weighted by molar-refractivity contribution is 7.88. The maximum atomic E-state index is 12.2. The molecule has 0 aliphatic carbocycles. The van der Waals surface area contributed by atoms with Crippen molar-refractivity contribution in [1.82, 2.24) is 14.5 Å². The molecule has 0 spiro atoms. The molecule has 2 rings (SSSR count). The lowest BCUT2D eigenvalue weighted by atomic mass is 10.1. The van der Waals surface area contributed by atoms with Crippen molar-refractivity contribution in [2.75, 3.05) is 32.4 Å². The summed E-state index contributed by atoms with van der Waals surface area (Å²) in [6.45, 7) is 3.36. The van der Waals surface area contributed by atoms with Crippen LogP contribution in [0.3, 0.4) is 0 Å². The molecule has 1 N–H and O–H groups in total. The van der Waals surface area contributed by atoms with Gasteiger partial charge in [-0.2, -0.15) is 4.31 Å². The quantitative estimate of drug-likeness (QED) is 0.906. The Morgan fingerprint density at radius 3 is 2.23 bits per heavy atom. The average molecular weight is 346 g/mol. The van der Waals surface area contributed by atoms with Gasteiger partial charge in [0, 0.05) is 31.2 Å². The predicted molar refractivity (Wildman–Crippen MR) is 86.4 cm³/mol. The van der Waals surface area contributed by atoms with Crippen molar-refractivity contribution >= 4 is 27.7 Å². The van der Waals surface area contributed by atoms with E-state index in [0.29, 0.717) is 31.2 Å². The highest BCUT2D eigenvalue weighted by Gasteiger charge is 2.26. The van der Waals surface area contributed by atoms with Gasteiger partial charge in [-0.25, -0.2) is 13.2 Å². The molecule has 0 aromatic heterocycles. The smallest absolute Gasteiger partial charge is 0.317 e. The molecule has 0 bridgehead atoms. The molecule has 1 saturated heterocycles. The number of hydrogen-bond acceptors (Lipinski definition) is 3. The molecule has 2 amide bonds. The number of nitrogens with one attached hydrogen (secondary N) is 1. The Morgan fingerprint density at radius 1 is 1.18 bits per heavy atom. The van der Waals surface area contributed by atoms with Crippen LogP contribution in [-0.4, -0.2) is 56.1 Å². The number of hydrogen-bond donors (Lipinski definition) is 1. The Labute approximate surface area is 136 Å². The first-order valence-corrected chi connectivity index (χ1v) is 9.26. The molecule has 0 radical (unpaired) electrons. The van der Waals surface area contributed by atoms with E-state index >= 15 is 0 Å². The number of sulfonamides is 1. The van der Waals surface area contributed by atoms with E-state index < -0.39 is 10.0 Å². The number of nitrogens with zero attached hydrogens (tertiary/aromatic N) is 2. The first-order chi connectivity index (χ1) is 10.3. The lowest BCUT2D eigenvalue weighted by molar-refractivity contribution is 0.170. The van der Waals surface area contributed by atoms with Gasteiger partial charge in [0.25, 0.3) is 0 Å². The number of urea groups is 1. The Balaban J connectivity index is 1.89. The van der Waals surface area contributed by atoms with Crippen LogP contribution in [0, 0.1) is 0 Å². The summed E-state index contributed by atoms with van der Waals surface area (Å²) in [6, 6.07) is 6.98. The average Bonchev–Trinajstić information content (AvgIpc) is 2.47. The van der Waals surface area contributed by atoms with Gasteiger partial charge in [-0.3, -0.25) is 0 Å². The zero-order chi connectivity index (χ0) is 16.3. The van der Waals surface area contributed by atoms with Crippen LogP contribution in [-0.2, 0) is 10.0 Å². The van der Waals surface area contributed by atoms with Crippen LogP contribution >= 0.6 is 11.6 Å². The molecule has 22 heavy (non-hydrogen) atoms. The van der Waals surface area contributed by atoms with Crippen LogP contribution in [0.4, 0.5) is 4.79 Å².